The molecule has 0 atom stereocenters. The van der Waals surface area contributed by atoms with Gasteiger partial charge in [0.15, 0.2) is 0 Å². The van der Waals surface area contributed by atoms with Crippen molar-refractivity contribution in [3.63, 3.8) is 0 Å². The summed E-state index contributed by atoms with van der Waals surface area (Å²) >= 11 is 0. The highest BCUT2D eigenvalue weighted by Crippen LogP contribution is 2.19. The molecule has 0 aliphatic carbocycles. The van der Waals surface area contributed by atoms with E-state index in [-0.39, 0.29) is 11.6 Å². The number of para-hydroxylation sites is 1. The summed E-state index contributed by atoms with van der Waals surface area (Å²) in [5, 5.41) is 10.9. The molecule has 0 saturated heterocycles. The molecule has 0 spiro atoms. The summed E-state index contributed by atoms with van der Waals surface area (Å²) in [6, 6.07) is 15.9. The first-order valence-corrected chi connectivity index (χ1v) is 6.78. The first-order valence-electron chi connectivity index (χ1n) is 6.78. The zero-order valence-corrected chi connectivity index (χ0v) is 12.2. The monoisotopic (exact) mass is 296 g/mol. The van der Waals surface area contributed by atoms with Crippen LogP contribution in [-0.2, 0) is 11.3 Å². The summed E-state index contributed by atoms with van der Waals surface area (Å²) in [4.78, 5) is 24.1. The lowest BCUT2D eigenvalue weighted by Crippen LogP contribution is -2.24. The van der Waals surface area contributed by atoms with Gasteiger partial charge < -0.3 is 4.90 Å². The van der Waals surface area contributed by atoms with Crippen LogP contribution in [0.2, 0.25) is 0 Å². The molecular formula is C17H16N2O3. The molecule has 0 aliphatic rings. The Kier molecular flexibility index (Phi) is 5.03. The highest BCUT2D eigenvalue weighted by molar-refractivity contribution is 5.92. The number of nitro groups is 1. The van der Waals surface area contributed by atoms with Crippen molar-refractivity contribution in [2.45, 2.75) is 6.54 Å². The number of amides is 1. The second-order valence-electron chi connectivity index (χ2n) is 4.83. The Morgan fingerprint density at radius 1 is 1.14 bits per heavy atom. The van der Waals surface area contributed by atoms with E-state index in [1.807, 2.05) is 30.3 Å². The number of benzene rings is 2. The molecule has 5 nitrogen and oxygen atoms in total. The second kappa shape index (κ2) is 7.17. The molecule has 0 radical (unpaired) electrons. The van der Waals surface area contributed by atoms with Crippen molar-refractivity contribution in [1.82, 2.24) is 4.90 Å². The molecule has 1 amide bonds. The summed E-state index contributed by atoms with van der Waals surface area (Å²) in [6.07, 6.45) is 2.83. The molecule has 5 heteroatoms. The summed E-state index contributed by atoms with van der Waals surface area (Å²) in [5.74, 6) is -0.206. The van der Waals surface area contributed by atoms with Crippen LogP contribution in [0.4, 0.5) is 5.69 Å². The van der Waals surface area contributed by atoms with Gasteiger partial charge in [-0.05, 0) is 17.7 Å². The Labute approximate surface area is 128 Å². The smallest absolute Gasteiger partial charge is 0.276 e. The van der Waals surface area contributed by atoms with Crippen molar-refractivity contribution >= 4 is 17.7 Å². The first-order chi connectivity index (χ1) is 10.6. The number of carbonyl (C=O) groups excluding carboxylic acids is 1. The molecule has 112 valence electrons. The Bertz CT molecular complexity index is 696. The molecule has 2 rings (SSSR count). The van der Waals surface area contributed by atoms with E-state index in [4.69, 9.17) is 0 Å². The predicted octanol–water partition coefficient (Wildman–Crippen LogP) is 3.27. The van der Waals surface area contributed by atoms with Crippen molar-refractivity contribution in [2.75, 3.05) is 7.05 Å². The molecule has 0 N–H and O–H groups in total. The lowest BCUT2D eigenvalue weighted by atomic mass is 10.1. The Morgan fingerprint density at radius 3 is 2.45 bits per heavy atom. The second-order valence-corrected chi connectivity index (χ2v) is 4.83. The summed E-state index contributed by atoms with van der Waals surface area (Å²) in [6.45, 7) is 0.487. The fourth-order valence-electron chi connectivity index (χ4n) is 2.02. The Morgan fingerprint density at radius 2 is 1.77 bits per heavy atom. The van der Waals surface area contributed by atoms with Crippen LogP contribution in [0.1, 0.15) is 11.1 Å². The van der Waals surface area contributed by atoms with E-state index in [9.17, 15) is 14.9 Å². The van der Waals surface area contributed by atoms with Crippen molar-refractivity contribution in [1.29, 1.82) is 0 Å². The largest absolute Gasteiger partial charge is 0.338 e. The van der Waals surface area contributed by atoms with Gasteiger partial charge in [-0.1, -0.05) is 42.5 Å². The van der Waals surface area contributed by atoms with E-state index in [0.717, 1.165) is 5.56 Å². The van der Waals surface area contributed by atoms with Crippen LogP contribution in [-0.4, -0.2) is 22.8 Å². The number of likely N-dealkylation sites (N-methyl/N-ethyl adjacent to an activating group) is 1. The molecule has 0 bridgehead atoms. The van der Waals surface area contributed by atoms with Crippen LogP contribution in [0, 0.1) is 10.1 Å². The number of carbonyl (C=O) groups is 1. The van der Waals surface area contributed by atoms with Crippen LogP contribution < -0.4 is 0 Å². The third-order valence-corrected chi connectivity index (χ3v) is 3.18. The molecule has 0 heterocycles. The number of nitro benzene ring substituents is 1. The van der Waals surface area contributed by atoms with Crippen LogP contribution in [0.15, 0.2) is 60.7 Å². The summed E-state index contributed by atoms with van der Waals surface area (Å²) in [5.41, 5.74) is 1.42. The average molecular weight is 296 g/mol. The van der Waals surface area contributed by atoms with Gasteiger partial charge in [0, 0.05) is 25.7 Å². The van der Waals surface area contributed by atoms with Crippen molar-refractivity contribution < 1.29 is 9.72 Å². The van der Waals surface area contributed by atoms with Crippen molar-refractivity contribution in [3.8, 4) is 0 Å². The lowest BCUT2D eigenvalue weighted by Gasteiger charge is -2.14. The van der Waals surface area contributed by atoms with Gasteiger partial charge in [-0.2, -0.15) is 0 Å². The maximum absolute atomic E-state index is 12.1. The predicted molar refractivity (Wildman–Crippen MR) is 85.0 cm³/mol. The molecule has 0 aliphatic heterocycles. The minimum absolute atomic E-state index is 0.0164. The van der Waals surface area contributed by atoms with E-state index in [0.29, 0.717) is 12.1 Å². The summed E-state index contributed by atoms with van der Waals surface area (Å²) < 4.78 is 0. The van der Waals surface area contributed by atoms with Crippen molar-refractivity contribution in [2.24, 2.45) is 0 Å². The van der Waals surface area contributed by atoms with E-state index >= 15 is 0 Å². The van der Waals surface area contributed by atoms with Gasteiger partial charge in [0.05, 0.1) is 10.5 Å². The molecule has 2 aromatic carbocycles. The normalized spacial score (nSPS) is 10.6. The zero-order chi connectivity index (χ0) is 15.9. The first kappa shape index (κ1) is 15.4. The highest BCUT2D eigenvalue weighted by Gasteiger charge is 2.11. The van der Waals surface area contributed by atoms with Gasteiger partial charge in [-0.15, -0.1) is 0 Å². The van der Waals surface area contributed by atoms with Gasteiger partial charge in [0.1, 0.15) is 0 Å². The zero-order valence-electron chi connectivity index (χ0n) is 12.2. The average Bonchev–Trinajstić information content (AvgIpc) is 2.53. The number of nitrogens with zero attached hydrogens (tertiary/aromatic N) is 2. The van der Waals surface area contributed by atoms with Crippen LogP contribution in [0.3, 0.4) is 0 Å². The molecule has 0 aromatic heterocycles. The minimum atomic E-state index is -0.460. The molecule has 2 aromatic rings. The minimum Gasteiger partial charge on any atom is -0.338 e. The van der Waals surface area contributed by atoms with Gasteiger partial charge in [0.25, 0.3) is 5.69 Å². The SMILES string of the molecule is CN(Cc1ccccc1)C(=O)/C=C/c1ccccc1[N+](=O)[O-]. The fourth-order valence-corrected chi connectivity index (χ4v) is 2.02. The van der Waals surface area contributed by atoms with E-state index in [2.05, 4.69) is 0 Å². The number of hydrogen-bond donors (Lipinski definition) is 0. The number of rotatable bonds is 5. The molecule has 0 saturated carbocycles. The topological polar surface area (TPSA) is 63.5 Å². The molecule has 0 unspecified atom stereocenters. The van der Waals surface area contributed by atoms with Gasteiger partial charge in [-0.25, -0.2) is 0 Å². The van der Waals surface area contributed by atoms with Crippen LogP contribution in [0.25, 0.3) is 6.08 Å². The third kappa shape index (κ3) is 4.02. The fraction of sp³-hybridized carbons (Fsp3) is 0.118. The Hall–Kier alpha value is -2.95. The van der Waals surface area contributed by atoms with Gasteiger partial charge in [-0.3, -0.25) is 14.9 Å². The lowest BCUT2D eigenvalue weighted by molar-refractivity contribution is -0.385. The van der Waals surface area contributed by atoms with Gasteiger partial charge >= 0.3 is 0 Å². The van der Waals surface area contributed by atoms with Crippen molar-refractivity contribution in [3.05, 3.63) is 81.9 Å². The maximum Gasteiger partial charge on any atom is 0.276 e. The van der Waals surface area contributed by atoms with Gasteiger partial charge in [0.2, 0.25) is 5.91 Å². The number of hydrogen-bond acceptors (Lipinski definition) is 3. The maximum atomic E-state index is 12.1. The van der Waals surface area contributed by atoms with E-state index in [1.165, 1.54) is 18.2 Å². The Balaban J connectivity index is 2.07. The molecule has 0 fully saturated rings. The van der Waals surface area contributed by atoms with E-state index < -0.39 is 4.92 Å². The molecule has 22 heavy (non-hydrogen) atoms. The third-order valence-electron chi connectivity index (χ3n) is 3.18. The van der Waals surface area contributed by atoms with E-state index in [1.54, 1.807) is 30.1 Å². The highest BCUT2D eigenvalue weighted by atomic mass is 16.6. The van der Waals surface area contributed by atoms with Crippen LogP contribution >= 0.6 is 0 Å². The molecular weight excluding hydrogens is 280 g/mol. The summed E-state index contributed by atoms with van der Waals surface area (Å²) in [7, 11) is 1.69. The quantitative estimate of drug-likeness (QED) is 0.483. The standard InChI is InChI=1S/C17H16N2O3/c1-18(13-14-7-3-2-4-8-14)17(20)12-11-15-9-5-6-10-16(15)19(21)22/h2-12H,13H2,1H3/b12-11+. The van der Waals surface area contributed by atoms with Crippen LogP contribution in [0.5, 0.6) is 0 Å².